The number of nitrogens with zero attached hydrogens (tertiary/aromatic N) is 1. The van der Waals surface area contributed by atoms with Crippen molar-refractivity contribution < 1.29 is 9.84 Å². The zero-order chi connectivity index (χ0) is 13.1. The van der Waals surface area contributed by atoms with Crippen molar-refractivity contribution in [1.82, 2.24) is 4.98 Å². The molecular formula is C15H19NO2. The Morgan fingerprint density at radius 3 is 2.78 bits per heavy atom. The molecule has 1 heterocycles. The molecule has 0 saturated carbocycles. The van der Waals surface area contributed by atoms with E-state index < -0.39 is 6.10 Å². The standard InChI is InChI=1S/C15H19NO2/c1-4-18-11(3)15(17)13-7-8-14-12(9-13)6-5-10(2)16-14/h5-9,11,15,17H,4H2,1-3H3. The first-order valence-corrected chi connectivity index (χ1v) is 6.28. The van der Waals surface area contributed by atoms with Gasteiger partial charge in [-0.1, -0.05) is 12.1 Å². The van der Waals surface area contributed by atoms with Crippen molar-refractivity contribution in [3.63, 3.8) is 0 Å². The van der Waals surface area contributed by atoms with Crippen LogP contribution in [0.25, 0.3) is 10.9 Å². The summed E-state index contributed by atoms with van der Waals surface area (Å²) in [5, 5.41) is 11.2. The summed E-state index contributed by atoms with van der Waals surface area (Å²) < 4.78 is 5.42. The van der Waals surface area contributed by atoms with E-state index in [1.54, 1.807) is 0 Å². The van der Waals surface area contributed by atoms with Crippen LogP contribution in [0.15, 0.2) is 30.3 Å². The Hall–Kier alpha value is -1.45. The summed E-state index contributed by atoms with van der Waals surface area (Å²) >= 11 is 0. The number of aryl methyl sites for hydroxylation is 1. The van der Waals surface area contributed by atoms with Crippen LogP contribution in [-0.2, 0) is 4.74 Å². The molecule has 0 fully saturated rings. The summed E-state index contributed by atoms with van der Waals surface area (Å²) in [6.07, 6.45) is -0.804. The first kappa shape index (κ1) is 13.0. The predicted molar refractivity (Wildman–Crippen MR) is 72.5 cm³/mol. The Labute approximate surface area is 107 Å². The molecule has 0 saturated heterocycles. The van der Waals surface area contributed by atoms with Crippen molar-refractivity contribution in [2.75, 3.05) is 6.61 Å². The van der Waals surface area contributed by atoms with Crippen molar-refractivity contribution >= 4 is 10.9 Å². The third-order valence-electron chi connectivity index (χ3n) is 3.07. The Balaban J connectivity index is 2.32. The molecule has 2 rings (SSSR count). The monoisotopic (exact) mass is 245 g/mol. The zero-order valence-corrected chi connectivity index (χ0v) is 11.1. The molecule has 3 heteroatoms. The molecule has 0 radical (unpaired) electrons. The number of pyridine rings is 1. The van der Waals surface area contributed by atoms with Crippen molar-refractivity contribution in [3.05, 3.63) is 41.6 Å². The molecule has 18 heavy (non-hydrogen) atoms. The van der Waals surface area contributed by atoms with Crippen LogP contribution in [0.3, 0.4) is 0 Å². The van der Waals surface area contributed by atoms with E-state index in [1.807, 2.05) is 51.1 Å². The molecule has 2 unspecified atom stereocenters. The molecule has 3 nitrogen and oxygen atoms in total. The van der Waals surface area contributed by atoms with Gasteiger partial charge in [0, 0.05) is 17.7 Å². The molecule has 0 aliphatic heterocycles. The number of rotatable bonds is 4. The number of aliphatic hydroxyl groups excluding tert-OH is 1. The van der Waals surface area contributed by atoms with Gasteiger partial charge in [0.1, 0.15) is 6.10 Å². The lowest BCUT2D eigenvalue weighted by Crippen LogP contribution is -2.18. The first-order chi connectivity index (χ1) is 8.61. The maximum Gasteiger partial charge on any atom is 0.105 e. The van der Waals surface area contributed by atoms with Gasteiger partial charge >= 0.3 is 0 Å². The summed E-state index contributed by atoms with van der Waals surface area (Å²) in [7, 11) is 0. The van der Waals surface area contributed by atoms with Gasteiger partial charge in [-0.05, 0) is 44.5 Å². The molecule has 0 aliphatic carbocycles. The predicted octanol–water partition coefficient (Wildman–Crippen LogP) is 3.00. The minimum atomic E-state index is -0.601. The van der Waals surface area contributed by atoms with E-state index in [-0.39, 0.29) is 6.10 Å². The summed E-state index contributed by atoms with van der Waals surface area (Å²) in [5.74, 6) is 0. The molecule has 96 valence electrons. The second-order valence-corrected chi connectivity index (χ2v) is 4.51. The van der Waals surface area contributed by atoms with Gasteiger partial charge in [0.2, 0.25) is 0 Å². The number of benzene rings is 1. The summed E-state index contributed by atoms with van der Waals surface area (Å²) in [6, 6.07) is 9.83. The quantitative estimate of drug-likeness (QED) is 0.900. The molecular weight excluding hydrogens is 226 g/mol. The molecule has 0 spiro atoms. The maximum absolute atomic E-state index is 10.2. The number of aliphatic hydroxyl groups is 1. The third-order valence-corrected chi connectivity index (χ3v) is 3.07. The fourth-order valence-electron chi connectivity index (χ4n) is 2.05. The number of hydrogen-bond acceptors (Lipinski definition) is 3. The van der Waals surface area contributed by atoms with E-state index in [4.69, 9.17) is 4.74 Å². The fraction of sp³-hybridized carbons (Fsp3) is 0.400. The lowest BCUT2D eigenvalue weighted by molar-refractivity contribution is -0.0227. The molecule has 0 aliphatic rings. The third kappa shape index (κ3) is 2.68. The van der Waals surface area contributed by atoms with Gasteiger partial charge in [-0.15, -0.1) is 0 Å². The van der Waals surface area contributed by atoms with Crippen LogP contribution >= 0.6 is 0 Å². The molecule has 0 bridgehead atoms. The largest absolute Gasteiger partial charge is 0.386 e. The second-order valence-electron chi connectivity index (χ2n) is 4.51. The minimum absolute atomic E-state index is 0.203. The minimum Gasteiger partial charge on any atom is -0.386 e. The van der Waals surface area contributed by atoms with Crippen LogP contribution in [-0.4, -0.2) is 22.8 Å². The van der Waals surface area contributed by atoms with Gasteiger partial charge in [0.05, 0.1) is 11.6 Å². The highest BCUT2D eigenvalue weighted by molar-refractivity contribution is 5.79. The lowest BCUT2D eigenvalue weighted by atomic mass is 10.0. The van der Waals surface area contributed by atoms with Gasteiger partial charge in [0.25, 0.3) is 0 Å². The number of ether oxygens (including phenoxy) is 1. The normalized spacial score (nSPS) is 14.7. The van der Waals surface area contributed by atoms with Crippen molar-refractivity contribution in [2.24, 2.45) is 0 Å². The van der Waals surface area contributed by atoms with Crippen LogP contribution < -0.4 is 0 Å². The smallest absolute Gasteiger partial charge is 0.105 e. The molecule has 2 atom stereocenters. The highest BCUT2D eigenvalue weighted by atomic mass is 16.5. The lowest BCUT2D eigenvalue weighted by Gasteiger charge is -2.19. The topological polar surface area (TPSA) is 42.4 Å². The van der Waals surface area contributed by atoms with E-state index in [9.17, 15) is 5.11 Å². The van der Waals surface area contributed by atoms with Gasteiger partial charge < -0.3 is 9.84 Å². The van der Waals surface area contributed by atoms with Crippen molar-refractivity contribution in [1.29, 1.82) is 0 Å². The maximum atomic E-state index is 10.2. The Morgan fingerprint density at radius 2 is 2.06 bits per heavy atom. The molecule has 1 aromatic carbocycles. The van der Waals surface area contributed by atoms with E-state index in [0.717, 1.165) is 22.2 Å². The Kier molecular flexibility index (Phi) is 3.94. The molecule has 0 amide bonds. The molecule has 1 N–H and O–H groups in total. The molecule has 2 aromatic rings. The zero-order valence-electron chi connectivity index (χ0n) is 11.1. The fourth-order valence-corrected chi connectivity index (χ4v) is 2.05. The second kappa shape index (κ2) is 5.46. The van der Waals surface area contributed by atoms with Crippen LogP contribution in [0.4, 0.5) is 0 Å². The van der Waals surface area contributed by atoms with E-state index in [2.05, 4.69) is 4.98 Å². The van der Waals surface area contributed by atoms with Gasteiger partial charge in [-0.25, -0.2) is 0 Å². The van der Waals surface area contributed by atoms with Crippen LogP contribution in [0.5, 0.6) is 0 Å². The van der Waals surface area contributed by atoms with Gasteiger partial charge in [-0.2, -0.15) is 0 Å². The summed E-state index contributed by atoms with van der Waals surface area (Å²) in [4.78, 5) is 4.44. The van der Waals surface area contributed by atoms with Crippen LogP contribution in [0.2, 0.25) is 0 Å². The summed E-state index contributed by atoms with van der Waals surface area (Å²) in [5.41, 5.74) is 2.82. The van der Waals surface area contributed by atoms with Crippen molar-refractivity contribution in [3.8, 4) is 0 Å². The first-order valence-electron chi connectivity index (χ1n) is 6.28. The van der Waals surface area contributed by atoms with Crippen LogP contribution in [0, 0.1) is 6.92 Å². The number of hydrogen-bond donors (Lipinski definition) is 1. The Morgan fingerprint density at radius 1 is 1.28 bits per heavy atom. The van der Waals surface area contributed by atoms with Crippen molar-refractivity contribution in [2.45, 2.75) is 33.0 Å². The van der Waals surface area contributed by atoms with E-state index >= 15 is 0 Å². The highest BCUT2D eigenvalue weighted by Gasteiger charge is 2.16. The number of fused-ring (bicyclic) bond motifs is 1. The average molecular weight is 245 g/mol. The average Bonchev–Trinajstić information content (AvgIpc) is 2.37. The van der Waals surface area contributed by atoms with Crippen LogP contribution in [0.1, 0.15) is 31.2 Å². The van der Waals surface area contributed by atoms with E-state index in [1.165, 1.54) is 0 Å². The van der Waals surface area contributed by atoms with Gasteiger partial charge in [-0.3, -0.25) is 4.98 Å². The highest BCUT2D eigenvalue weighted by Crippen LogP contribution is 2.23. The number of aromatic nitrogens is 1. The summed E-state index contributed by atoms with van der Waals surface area (Å²) in [6.45, 7) is 6.38. The van der Waals surface area contributed by atoms with E-state index in [0.29, 0.717) is 6.61 Å². The Bertz CT molecular complexity index is 539. The SMILES string of the molecule is CCOC(C)C(O)c1ccc2nc(C)ccc2c1. The van der Waals surface area contributed by atoms with Gasteiger partial charge in [0.15, 0.2) is 0 Å². The molecule has 1 aromatic heterocycles.